The van der Waals surface area contributed by atoms with Gasteiger partial charge < -0.3 is 0 Å². The topological polar surface area (TPSA) is 9.23 Å². The number of rotatable bonds is 12. The molecule has 0 radical (unpaired) electrons. The van der Waals surface area contributed by atoms with Gasteiger partial charge in [-0.15, -0.1) is 0 Å². The molecule has 0 saturated carbocycles. The summed E-state index contributed by atoms with van der Waals surface area (Å²) < 4.78 is 9.89. The third-order valence-corrected chi connectivity index (χ3v) is 17.7. The average Bonchev–Trinajstić information content (AvgIpc) is 3.84. The van der Waals surface area contributed by atoms with E-state index in [0.717, 1.165) is 16.7 Å². The van der Waals surface area contributed by atoms with Crippen molar-refractivity contribution in [2.45, 2.75) is 13.8 Å². The molecule has 0 atom stereocenters. The van der Waals surface area contributed by atoms with Gasteiger partial charge in [0.2, 0.25) is 0 Å². The van der Waals surface area contributed by atoms with Gasteiger partial charge in [-0.3, -0.25) is 0 Å². The molecule has 1 fully saturated rings. The van der Waals surface area contributed by atoms with E-state index in [2.05, 4.69) is 267 Å². The van der Waals surface area contributed by atoms with Crippen molar-refractivity contribution in [3.8, 4) is 4.37 Å². The van der Waals surface area contributed by atoms with Gasteiger partial charge in [-0.1, -0.05) is 97.1 Å². The van der Waals surface area contributed by atoms with Gasteiger partial charge in [-0.2, -0.15) is 0 Å². The Bertz CT molecular complexity index is 3100. The number of allylic oxidation sites excluding steroid dienone is 6. The molecule has 1 aliphatic heterocycles. The van der Waals surface area contributed by atoms with Crippen LogP contribution in [0.2, 0.25) is 0 Å². The van der Waals surface area contributed by atoms with Gasteiger partial charge in [0.1, 0.15) is 0 Å². The number of ether oxygens (including phenoxy) is 1. The van der Waals surface area contributed by atoms with Crippen LogP contribution >= 0.6 is 7.26 Å². The van der Waals surface area contributed by atoms with Gasteiger partial charge in [0.05, 0.1) is 0 Å². The molecule has 0 aromatic heterocycles. The molecule has 9 rings (SSSR count). The number of fused-ring (bicyclic) bond motifs is 2. The summed E-state index contributed by atoms with van der Waals surface area (Å²) in [5, 5.41) is 10.0. The maximum absolute atomic E-state index is 6.03. The van der Waals surface area contributed by atoms with Crippen molar-refractivity contribution in [2.24, 2.45) is 0 Å². The van der Waals surface area contributed by atoms with Crippen molar-refractivity contribution in [1.82, 2.24) is 0 Å². The first-order valence-corrected chi connectivity index (χ1v) is 25.6. The first-order valence-electron chi connectivity index (χ1n) is 22.5. The van der Waals surface area contributed by atoms with E-state index >= 15 is 0 Å². The van der Waals surface area contributed by atoms with Crippen molar-refractivity contribution < 1.29 is 22.7 Å². The molecule has 0 amide bonds. The predicted octanol–water partition coefficient (Wildman–Crippen LogP) is 15.0. The fourth-order valence-electron chi connectivity index (χ4n) is 9.06. The molecule has 3 heteroatoms. The van der Waals surface area contributed by atoms with E-state index in [4.69, 9.17) is 4.74 Å². The molecule has 1 nitrogen and oxygen atoms in total. The van der Waals surface area contributed by atoms with Crippen LogP contribution in [-0.2, 0) is 22.7 Å². The van der Waals surface area contributed by atoms with E-state index in [-0.39, 0.29) is 0 Å². The molecule has 1 heterocycles. The van der Waals surface area contributed by atoms with Gasteiger partial charge in [0.25, 0.3) is 0 Å². The fraction of sp³-hybridized carbons (Fsp3) is 0.0635. The second-order valence-corrected chi connectivity index (χ2v) is 20.3. The van der Waals surface area contributed by atoms with E-state index in [9.17, 15) is 0 Å². The summed E-state index contributed by atoms with van der Waals surface area (Å²) in [4.78, 5) is 0. The minimum atomic E-state index is -2.43. The van der Waals surface area contributed by atoms with Crippen molar-refractivity contribution in [3.05, 3.63) is 268 Å². The average molecular weight is 1050 g/mol. The van der Waals surface area contributed by atoms with E-state index in [1.165, 1.54) is 76.2 Å². The Hall–Kier alpha value is -6.73. The second kappa shape index (κ2) is 21.1. The van der Waals surface area contributed by atoms with Crippen LogP contribution in [0, 0.1) is 4.37 Å². The van der Waals surface area contributed by atoms with Gasteiger partial charge in [0, 0.05) is 0 Å². The number of hydrogen-bond acceptors (Lipinski definition) is 1. The summed E-state index contributed by atoms with van der Waals surface area (Å²) in [5.41, 5.74) is 10.7. The zero-order valence-electron chi connectivity index (χ0n) is 37.3. The summed E-state index contributed by atoms with van der Waals surface area (Å²) in [6, 6.07) is 68.3. The standard InChI is InChI=1S/C63H51OP.Os/c1-4-19-48-30-32-50(33-31-48)39-42-62-58-26-15-17-28-60(58)63(61-29-18-16-27-59(61)62)43-40-51-36-34-49(35-37-51)38-41-53(44-54-46-64-45-52(54)5-2)47(3)65(55-20-9-6-10-21-55,56-22-11-7-12-23-56)57-24-13-8-14-25-57;/h4-44H,45-46H2,1-2H3;/q+1;/b19-4+,41-38+,42-39+,43-40+,52-5?,53-47?,54-44?;. The van der Waals surface area contributed by atoms with Crippen molar-refractivity contribution in [1.29, 1.82) is 0 Å². The second-order valence-electron chi connectivity index (χ2n) is 16.3. The van der Waals surface area contributed by atoms with Crippen LogP contribution in [0.3, 0.4) is 0 Å². The third-order valence-electron chi connectivity index (χ3n) is 12.3. The Morgan fingerprint density at radius 1 is 0.455 bits per heavy atom. The molecule has 321 valence electrons. The molecule has 0 N–H and O–H groups in total. The van der Waals surface area contributed by atoms with Crippen LogP contribution in [0.15, 0.2) is 234 Å². The van der Waals surface area contributed by atoms with E-state index in [0.29, 0.717) is 13.2 Å². The molecule has 8 aromatic carbocycles. The Balaban J connectivity index is 1.11. The molecule has 66 heavy (non-hydrogen) atoms. The van der Waals surface area contributed by atoms with Gasteiger partial charge in [-0.25, -0.2) is 0 Å². The summed E-state index contributed by atoms with van der Waals surface area (Å²) in [6.07, 6.45) is 22.3. The van der Waals surface area contributed by atoms with Crippen LogP contribution in [0.5, 0.6) is 0 Å². The third kappa shape index (κ3) is 9.35. The quantitative estimate of drug-likeness (QED) is 0.0513. The van der Waals surface area contributed by atoms with Gasteiger partial charge >= 0.3 is 261 Å². The van der Waals surface area contributed by atoms with Gasteiger partial charge in [-0.05, 0) is 45.2 Å². The van der Waals surface area contributed by atoms with E-state index in [1.54, 1.807) is 0 Å². The van der Waals surface area contributed by atoms with Crippen LogP contribution in [0.1, 0.15) is 47.2 Å². The summed E-state index contributed by atoms with van der Waals surface area (Å²) in [6.45, 7) is 5.36. The van der Waals surface area contributed by atoms with Crippen LogP contribution in [0.25, 0.3) is 58.0 Å². The Morgan fingerprint density at radius 3 is 1.23 bits per heavy atom. The monoisotopic (exact) mass is 1050 g/mol. The molecule has 0 spiro atoms. The van der Waals surface area contributed by atoms with Crippen LogP contribution < -0.4 is 15.9 Å². The summed E-state index contributed by atoms with van der Waals surface area (Å²) in [5.74, 6) is 0. The molecule has 0 aliphatic carbocycles. The predicted molar refractivity (Wildman–Crippen MR) is 285 cm³/mol. The molecule has 1 saturated heterocycles. The first-order chi connectivity index (χ1) is 32.6. The molecule has 0 bridgehead atoms. The summed E-state index contributed by atoms with van der Waals surface area (Å²) in [7, 11) is -2.43. The molecular weight excluding hydrogens is 994 g/mol. The fourth-order valence-corrected chi connectivity index (χ4v) is 14.9. The molecule has 8 aromatic rings. The van der Waals surface area contributed by atoms with Crippen LogP contribution in [0.4, 0.5) is 0 Å². The Kier molecular flexibility index (Phi) is 14.2. The van der Waals surface area contributed by atoms with Crippen LogP contribution in [-0.4, -0.2) is 13.2 Å². The normalized spacial score (nSPS) is 15.0. The van der Waals surface area contributed by atoms with Gasteiger partial charge in [0.15, 0.2) is 0 Å². The zero-order chi connectivity index (χ0) is 45.1. The molecular formula is C63H51OOsP+. The van der Waals surface area contributed by atoms with Crippen molar-refractivity contribution >= 4 is 81.2 Å². The van der Waals surface area contributed by atoms with E-state index < -0.39 is 7.26 Å². The van der Waals surface area contributed by atoms with E-state index in [1.807, 2.05) is 17.9 Å². The Labute approximate surface area is 400 Å². The number of benzene rings is 8. The summed E-state index contributed by atoms with van der Waals surface area (Å²) >= 11 is 1.82. The minimum absolute atomic E-state index is 0.584. The van der Waals surface area contributed by atoms with Crippen molar-refractivity contribution in [3.63, 3.8) is 0 Å². The first kappa shape index (κ1) is 44.5. The number of hydrogen-bond donors (Lipinski definition) is 0. The molecule has 1 aliphatic rings. The zero-order valence-corrected chi connectivity index (χ0v) is 40.7. The Morgan fingerprint density at radius 2 is 0.833 bits per heavy atom. The SMILES string of the molecule is CC=C1COCC1=CC(/C=C/c1ccc(/C=C/c2c3ccccc3c(/C=C/c3ccc(/C=C/C)cc3)c3ccccc23)cc1)=C([C]#[Os])[P+](c1ccccc1)(c1ccccc1)c1ccccc1. The van der Waals surface area contributed by atoms with Crippen molar-refractivity contribution in [2.75, 3.05) is 13.2 Å². The molecule has 0 unspecified atom stereocenters. The maximum atomic E-state index is 6.03.